The van der Waals surface area contributed by atoms with Crippen molar-refractivity contribution in [3.8, 4) is 22.6 Å². The predicted octanol–water partition coefficient (Wildman–Crippen LogP) is 2.77. The van der Waals surface area contributed by atoms with Crippen molar-refractivity contribution in [2.75, 3.05) is 13.2 Å². The summed E-state index contributed by atoms with van der Waals surface area (Å²) < 4.78 is 13.2. The maximum atomic E-state index is 5.63. The second kappa shape index (κ2) is 4.02. The average molecular weight is 252 g/mol. The second-order valence-corrected chi connectivity index (χ2v) is 4.47. The van der Waals surface area contributed by atoms with E-state index < -0.39 is 0 Å². The molecular weight excluding hydrogens is 240 g/mol. The number of pyridine rings is 1. The third-order valence-corrected chi connectivity index (χ3v) is 3.30. The zero-order chi connectivity index (χ0) is 12.7. The van der Waals surface area contributed by atoms with Crippen molar-refractivity contribution in [2.24, 2.45) is 0 Å². The normalized spacial score (nSPS) is 13.7. The first-order valence-corrected chi connectivity index (χ1v) is 6.22. The zero-order valence-corrected chi connectivity index (χ0v) is 10.2. The minimum Gasteiger partial charge on any atom is -0.486 e. The molecule has 0 spiro atoms. The molecule has 4 nitrogen and oxygen atoms in total. The standard InChI is InChI=1S/C15H12N2O2/c1-2-12(13-9-16-10-17(13)5-1)11-3-4-14-15(8-11)19-7-6-18-14/h1-5,8-10H,6-7H2. The van der Waals surface area contributed by atoms with E-state index >= 15 is 0 Å². The number of ether oxygens (including phenoxy) is 2. The van der Waals surface area contributed by atoms with Gasteiger partial charge in [0.2, 0.25) is 0 Å². The maximum Gasteiger partial charge on any atom is 0.161 e. The van der Waals surface area contributed by atoms with Gasteiger partial charge in [-0.1, -0.05) is 12.1 Å². The summed E-state index contributed by atoms with van der Waals surface area (Å²) >= 11 is 0. The van der Waals surface area contributed by atoms with Gasteiger partial charge in [-0.25, -0.2) is 4.98 Å². The van der Waals surface area contributed by atoms with Crippen LogP contribution in [-0.2, 0) is 0 Å². The first-order valence-electron chi connectivity index (χ1n) is 6.22. The maximum absolute atomic E-state index is 5.63. The van der Waals surface area contributed by atoms with Crippen LogP contribution in [0, 0.1) is 0 Å². The SMILES string of the molecule is c1cc(-c2ccc3c(c2)OCCO3)c2cncn2c1. The Morgan fingerprint density at radius 2 is 1.95 bits per heavy atom. The highest BCUT2D eigenvalue weighted by atomic mass is 16.6. The number of imidazole rings is 1. The third-order valence-electron chi connectivity index (χ3n) is 3.30. The molecule has 3 aromatic rings. The lowest BCUT2D eigenvalue weighted by Gasteiger charge is -2.19. The smallest absolute Gasteiger partial charge is 0.161 e. The molecule has 4 rings (SSSR count). The van der Waals surface area contributed by atoms with Crippen LogP contribution in [0.5, 0.6) is 11.5 Å². The largest absolute Gasteiger partial charge is 0.486 e. The minimum atomic E-state index is 0.605. The summed E-state index contributed by atoms with van der Waals surface area (Å²) in [5, 5.41) is 0. The Morgan fingerprint density at radius 1 is 1.05 bits per heavy atom. The van der Waals surface area contributed by atoms with Crippen molar-refractivity contribution in [1.82, 2.24) is 9.38 Å². The summed E-state index contributed by atoms with van der Waals surface area (Å²) in [5.41, 5.74) is 3.33. The fourth-order valence-electron chi connectivity index (χ4n) is 2.40. The molecule has 1 aliphatic heterocycles. The van der Waals surface area contributed by atoms with Gasteiger partial charge in [0.05, 0.1) is 18.0 Å². The van der Waals surface area contributed by atoms with E-state index in [4.69, 9.17) is 9.47 Å². The average Bonchev–Trinajstić information content (AvgIpc) is 2.95. The van der Waals surface area contributed by atoms with Crippen LogP contribution in [0.25, 0.3) is 16.6 Å². The highest BCUT2D eigenvalue weighted by Crippen LogP contribution is 2.35. The highest BCUT2D eigenvalue weighted by Gasteiger charge is 2.13. The summed E-state index contributed by atoms with van der Waals surface area (Å²) in [4.78, 5) is 4.18. The van der Waals surface area contributed by atoms with E-state index in [-0.39, 0.29) is 0 Å². The van der Waals surface area contributed by atoms with Crippen LogP contribution in [0.3, 0.4) is 0 Å². The minimum absolute atomic E-state index is 0.605. The molecule has 0 aliphatic carbocycles. The van der Waals surface area contributed by atoms with Crippen LogP contribution < -0.4 is 9.47 Å². The lowest BCUT2D eigenvalue weighted by molar-refractivity contribution is 0.171. The van der Waals surface area contributed by atoms with Crippen LogP contribution in [0.15, 0.2) is 49.1 Å². The summed E-state index contributed by atoms with van der Waals surface area (Å²) in [6, 6.07) is 10.1. The third kappa shape index (κ3) is 1.64. The molecular formula is C15H12N2O2. The number of aromatic nitrogens is 2. The monoisotopic (exact) mass is 252 g/mol. The Hall–Kier alpha value is -2.49. The molecule has 0 saturated carbocycles. The Morgan fingerprint density at radius 3 is 2.89 bits per heavy atom. The van der Waals surface area contributed by atoms with Crippen LogP contribution in [-0.4, -0.2) is 22.6 Å². The van der Waals surface area contributed by atoms with E-state index in [9.17, 15) is 0 Å². The fraction of sp³-hybridized carbons (Fsp3) is 0.133. The Labute approximate surface area is 110 Å². The number of hydrogen-bond acceptors (Lipinski definition) is 3. The van der Waals surface area contributed by atoms with E-state index in [0.717, 1.165) is 28.1 Å². The van der Waals surface area contributed by atoms with Gasteiger partial charge in [0.25, 0.3) is 0 Å². The number of rotatable bonds is 1. The van der Waals surface area contributed by atoms with Crippen molar-refractivity contribution < 1.29 is 9.47 Å². The molecule has 0 unspecified atom stereocenters. The molecule has 0 saturated heterocycles. The molecule has 0 atom stereocenters. The second-order valence-electron chi connectivity index (χ2n) is 4.47. The first-order chi connectivity index (χ1) is 9.42. The topological polar surface area (TPSA) is 35.8 Å². The Bertz CT molecular complexity index is 749. The molecule has 0 amide bonds. The van der Waals surface area contributed by atoms with E-state index in [1.807, 2.05) is 35.0 Å². The van der Waals surface area contributed by atoms with Gasteiger partial charge in [0.15, 0.2) is 11.5 Å². The van der Waals surface area contributed by atoms with E-state index in [1.165, 1.54) is 0 Å². The van der Waals surface area contributed by atoms with Crippen molar-refractivity contribution in [3.63, 3.8) is 0 Å². The summed E-state index contributed by atoms with van der Waals surface area (Å²) in [6.07, 6.45) is 5.66. The van der Waals surface area contributed by atoms with Gasteiger partial charge < -0.3 is 13.9 Å². The van der Waals surface area contributed by atoms with Gasteiger partial charge in [-0.2, -0.15) is 0 Å². The van der Waals surface area contributed by atoms with Gasteiger partial charge in [0, 0.05) is 11.8 Å². The van der Waals surface area contributed by atoms with Gasteiger partial charge in [-0.3, -0.25) is 0 Å². The van der Waals surface area contributed by atoms with Crippen molar-refractivity contribution in [1.29, 1.82) is 0 Å². The highest BCUT2D eigenvalue weighted by molar-refractivity contribution is 5.81. The number of hydrogen-bond donors (Lipinski definition) is 0. The predicted molar refractivity (Wildman–Crippen MR) is 71.6 cm³/mol. The molecule has 94 valence electrons. The molecule has 4 heteroatoms. The molecule has 19 heavy (non-hydrogen) atoms. The van der Waals surface area contributed by atoms with Crippen molar-refractivity contribution >= 4 is 5.52 Å². The van der Waals surface area contributed by atoms with Gasteiger partial charge in [0.1, 0.15) is 13.2 Å². The quantitative estimate of drug-likeness (QED) is 0.668. The van der Waals surface area contributed by atoms with E-state index in [0.29, 0.717) is 13.2 Å². The summed E-state index contributed by atoms with van der Waals surface area (Å²) in [5.74, 6) is 1.63. The lowest BCUT2D eigenvalue weighted by Crippen LogP contribution is -2.15. The van der Waals surface area contributed by atoms with Crippen LogP contribution >= 0.6 is 0 Å². The molecule has 0 N–H and O–H groups in total. The Balaban J connectivity index is 1.90. The zero-order valence-electron chi connectivity index (χ0n) is 10.2. The molecule has 2 aromatic heterocycles. The Kier molecular flexibility index (Phi) is 2.21. The first kappa shape index (κ1) is 10.4. The van der Waals surface area contributed by atoms with Gasteiger partial charge in [-0.05, 0) is 23.8 Å². The van der Waals surface area contributed by atoms with E-state index in [1.54, 1.807) is 6.33 Å². The molecule has 3 heterocycles. The lowest BCUT2D eigenvalue weighted by atomic mass is 10.1. The van der Waals surface area contributed by atoms with Crippen LogP contribution in [0.1, 0.15) is 0 Å². The number of fused-ring (bicyclic) bond motifs is 2. The van der Waals surface area contributed by atoms with Crippen molar-refractivity contribution in [3.05, 3.63) is 49.1 Å². The molecule has 0 fully saturated rings. The molecule has 0 bridgehead atoms. The van der Waals surface area contributed by atoms with E-state index in [2.05, 4.69) is 17.1 Å². The number of benzene rings is 1. The van der Waals surface area contributed by atoms with Crippen molar-refractivity contribution in [2.45, 2.75) is 0 Å². The van der Waals surface area contributed by atoms with Gasteiger partial charge >= 0.3 is 0 Å². The summed E-state index contributed by atoms with van der Waals surface area (Å²) in [7, 11) is 0. The van der Waals surface area contributed by atoms with Crippen LogP contribution in [0.4, 0.5) is 0 Å². The fourth-order valence-corrected chi connectivity index (χ4v) is 2.40. The molecule has 1 aromatic carbocycles. The molecule has 0 radical (unpaired) electrons. The molecule has 1 aliphatic rings. The number of nitrogens with zero attached hydrogens (tertiary/aromatic N) is 2. The van der Waals surface area contributed by atoms with Gasteiger partial charge in [-0.15, -0.1) is 0 Å². The van der Waals surface area contributed by atoms with Crippen LogP contribution in [0.2, 0.25) is 0 Å². The summed E-state index contributed by atoms with van der Waals surface area (Å²) in [6.45, 7) is 1.22.